The number of aromatic hydroxyl groups is 2. The monoisotopic (exact) mass is 465 g/mol. The van der Waals surface area contributed by atoms with Gasteiger partial charge in [-0.05, 0) is 47.6 Å². The van der Waals surface area contributed by atoms with E-state index in [-0.39, 0.29) is 35.7 Å². The summed E-state index contributed by atoms with van der Waals surface area (Å²) in [7, 11) is 0. The van der Waals surface area contributed by atoms with E-state index in [9.17, 15) is 20.1 Å². The third-order valence-corrected chi connectivity index (χ3v) is 6.26. The molecule has 0 fully saturated rings. The van der Waals surface area contributed by atoms with Crippen molar-refractivity contribution in [3.8, 4) is 33.9 Å². The second-order valence-corrected chi connectivity index (χ2v) is 8.91. The lowest BCUT2D eigenvalue weighted by atomic mass is 9.91. The predicted molar refractivity (Wildman–Crippen MR) is 129 cm³/mol. The van der Waals surface area contributed by atoms with Gasteiger partial charge in [-0.3, -0.25) is 9.69 Å². The summed E-state index contributed by atoms with van der Waals surface area (Å²) in [6.45, 7) is 8.51. The van der Waals surface area contributed by atoms with E-state index in [0.29, 0.717) is 35.5 Å². The number of fused-ring (bicyclic) bond motifs is 1. The summed E-state index contributed by atoms with van der Waals surface area (Å²) in [6, 6.07) is 9.01. The quantitative estimate of drug-likeness (QED) is 0.421. The molecule has 4 rings (SSSR count). The van der Waals surface area contributed by atoms with Crippen LogP contribution in [0.1, 0.15) is 53.9 Å². The molecule has 0 unspecified atom stereocenters. The fourth-order valence-electron chi connectivity index (χ4n) is 4.48. The maximum absolute atomic E-state index is 12.8. The molecule has 0 radical (unpaired) electrons. The van der Waals surface area contributed by atoms with E-state index in [2.05, 4.69) is 15.4 Å². The molecule has 3 aromatic rings. The molecule has 1 amide bonds. The molecule has 0 aliphatic carbocycles. The highest BCUT2D eigenvalue weighted by Gasteiger charge is 2.28. The molecule has 2 heterocycles. The first kappa shape index (κ1) is 23.8. The molecule has 1 aliphatic rings. The molecular weight excluding hydrogens is 434 g/mol. The summed E-state index contributed by atoms with van der Waals surface area (Å²) in [6.07, 6.45) is 0.822. The lowest BCUT2D eigenvalue weighted by Gasteiger charge is -2.28. The van der Waals surface area contributed by atoms with Gasteiger partial charge in [-0.15, -0.1) is 0 Å². The van der Waals surface area contributed by atoms with Gasteiger partial charge < -0.3 is 25.2 Å². The van der Waals surface area contributed by atoms with Gasteiger partial charge in [0.25, 0.3) is 5.91 Å². The van der Waals surface area contributed by atoms with Crippen LogP contribution in [0.3, 0.4) is 0 Å². The molecule has 0 saturated heterocycles. The molecule has 180 valence electrons. The number of amides is 1. The molecular formula is C26H31N3O5. The Bertz CT molecular complexity index is 1200. The van der Waals surface area contributed by atoms with Crippen molar-refractivity contribution in [1.82, 2.24) is 15.4 Å². The smallest absolute Gasteiger partial charge is 0.290 e. The van der Waals surface area contributed by atoms with Gasteiger partial charge in [0.05, 0.1) is 12.2 Å². The molecule has 0 bridgehead atoms. The molecule has 0 spiro atoms. The summed E-state index contributed by atoms with van der Waals surface area (Å²) in [4.78, 5) is 15.0. The van der Waals surface area contributed by atoms with Gasteiger partial charge in [0.2, 0.25) is 5.76 Å². The van der Waals surface area contributed by atoms with Crippen LogP contribution in [0.2, 0.25) is 0 Å². The number of hydrogen-bond donors (Lipinski definition) is 4. The second-order valence-electron chi connectivity index (χ2n) is 8.91. The van der Waals surface area contributed by atoms with Crippen molar-refractivity contribution in [2.75, 3.05) is 26.2 Å². The maximum Gasteiger partial charge on any atom is 0.290 e. The summed E-state index contributed by atoms with van der Waals surface area (Å²) in [5, 5.41) is 37.2. The van der Waals surface area contributed by atoms with Gasteiger partial charge in [0, 0.05) is 37.8 Å². The van der Waals surface area contributed by atoms with Gasteiger partial charge in [-0.25, -0.2) is 0 Å². The van der Waals surface area contributed by atoms with Gasteiger partial charge in [-0.2, -0.15) is 0 Å². The third-order valence-electron chi connectivity index (χ3n) is 6.26. The van der Waals surface area contributed by atoms with E-state index in [0.717, 1.165) is 25.1 Å². The Morgan fingerprint density at radius 1 is 1.18 bits per heavy atom. The van der Waals surface area contributed by atoms with Crippen LogP contribution in [0, 0.1) is 0 Å². The van der Waals surface area contributed by atoms with E-state index in [1.807, 2.05) is 39.0 Å². The van der Waals surface area contributed by atoms with Crippen molar-refractivity contribution in [3.05, 3.63) is 52.8 Å². The van der Waals surface area contributed by atoms with Crippen LogP contribution in [0.4, 0.5) is 0 Å². The first-order chi connectivity index (χ1) is 16.3. The number of benzene rings is 2. The zero-order valence-electron chi connectivity index (χ0n) is 19.8. The molecule has 2 aromatic carbocycles. The van der Waals surface area contributed by atoms with Crippen molar-refractivity contribution in [2.45, 2.75) is 39.7 Å². The Labute approximate surface area is 198 Å². The van der Waals surface area contributed by atoms with Crippen molar-refractivity contribution < 1.29 is 24.6 Å². The van der Waals surface area contributed by atoms with E-state index in [1.165, 1.54) is 17.2 Å². The molecule has 8 heteroatoms. The third kappa shape index (κ3) is 4.51. The Kier molecular flexibility index (Phi) is 6.90. The van der Waals surface area contributed by atoms with Crippen molar-refractivity contribution in [2.24, 2.45) is 0 Å². The van der Waals surface area contributed by atoms with Crippen LogP contribution in [-0.4, -0.2) is 57.5 Å². The van der Waals surface area contributed by atoms with Crippen LogP contribution in [0.5, 0.6) is 11.5 Å². The number of aliphatic hydroxyl groups excluding tert-OH is 1. The number of β-amino-alcohol motifs (C(OH)–C–C–N with tert-alkyl or cyclic N) is 1. The van der Waals surface area contributed by atoms with Gasteiger partial charge in [-0.1, -0.05) is 37.2 Å². The zero-order valence-corrected chi connectivity index (χ0v) is 19.8. The van der Waals surface area contributed by atoms with Gasteiger partial charge in [0.15, 0.2) is 0 Å². The number of nitrogens with zero attached hydrogens (tertiary/aromatic N) is 2. The van der Waals surface area contributed by atoms with Crippen molar-refractivity contribution in [1.29, 1.82) is 0 Å². The number of phenols is 2. The predicted octanol–water partition coefficient (Wildman–Crippen LogP) is 3.64. The van der Waals surface area contributed by atoms with Crippen LogP contribution in [0.15, 0.2) is 34.9 Å². The molecule has 34 heavy (non-hydrogen) atoms. The summed E-state index contributed by atoms with van der Waals surface area (Å²) in [5.41, 5.74) is 5.01. The van der Waals surface area contributed by atoms with Gasteiger partial charge >= 0.3 is 0 Å². The number of hydrogen-bond acceptors (Lipinski definition) is 7. The summed E-state index contributed by atoms with van der Waals surface area (Å²) in [5.74, 6) is -0.426. The van der Waals surface area contributed by atoms with Crippen molar-refractivity contribution >= 4 is 5.91 Å². The SMILES string of the molecule is CCNC(=O)c1onc(-c2cc(C(C)C)c(O)cc2O)c1-c1ccc2c(c1)CCN(CCO)C2. The minimum atomic E-state index is -0.384. The van der Waals surface area contributed by atoms with Crippen molar-refractivity contribution in [3.63, 3.8) is 0 Å². The van der Waals surface area contributed by atoms with Crippen LogP contribution < -0.4 is 5.32 Å². The molecule has 0 atom stereocenters. The maximum atomic E-state index is 12.8. The average molecular weight is 466 g/mol. The highest BCUT2D eigenvalue weighted by atomic mass is 16.5. The molecule has 8 nitrogen and oxygen atoms in total. The number of rotatable bonds is 7. The van der Waals surface area contributed by atoms with E-state index in [4.69, 9.17) is 4.52 Å². The largest absolute Gasteiger partial charge is 0.508 e. The summed E-state index contributed by atoms with van der Waals surface area (Å²) < 4.78 is 5.53. The topological polar surface area (TPSA) is 119 Å². The van der Waals surface area contributed by atoms with E-state index < -0.39 is 0 Å². The van der Waals surface area contributed by atoms with E-state index in [1.54, 1.807) is 6.07 Å². The molecule has 4 N–H and O–H groups in total. The first-order valence-corrected chi connectivity index (χ1v) is 11.6. The number of aromatic nitrogens is 1. The van der Waals surface area contributed by atoms with Gasteiger partial charge in [0.1, 0.15) is 17.2 Å². The minimum absolute atomic E-state index is 0.00598. The number of carbonyl (C=O) groups excluding carboxylic acids is 1. The Morgan fingerprint density at radius 3 is 2.68 bits per heavy atom. The Morgan fingerprint density at radius 2 is 1.97 bits per heavy atom. The molecule has 1 aromatic heterocycles. The standard InChI is InChI=1S/C26H31N3O5/c1-4-27-26(33)25-23(17-5-6-18-14-29(9-10-30)8-7-16(18)11-17)24(28-34-25)20-12-19(15(2)3)21(31)13-22(20)32/h5-6,11-13,15,30-32H,4,7-10,14H2,1-3H3,(H,27,33). The second kappa shape index (κ2) is 9.87. The normalized spacial score (nSPS) is 13.8. The lowest BCUT2D eigenvalue weighted by Crippen LogP contribution is -2.32. The highest BCUT2D eigenvalue weighted by molar-refractivity contribution is 6.02. The zero-order chi connectivity index (χ0) is 24.4. The number of nitrogens with one attached hydrogen (secondary N) is 1. The number of phenolic OH excluding ortho intramolecular Hbond substituents is 2. The van der Waals surface area contributed by atoms with Crippen LogP contribution in [-0.2, 0) is 13.0 Å². The minimum Gasteiger partial charge on any atom is -0.508 e. The highest BCUT2D eigenvalue weighted by Crippen LogP contribution is 2.43. The van der Waals surface area contributed by atoms with E-state index >= 15 is 0 Å². The molecule has 1 aliphatic heterocycles. The first-order valence-electron chi connectivity index (χ1n) is 11.6. The fraction of sp³-hybridized carbons (Fsp3) is 0.385. The van der Waals surface area contributed by atoms with Crippen LogP contribution in [0.25, 0.3) is 22.4 Å². The average Bonchev–Trinajstić information content (AvgIpc) is 3.24. The Balaban J connectivity index is 1.85. The lowest BCUT2D eigenvalue weighted by molar-refractivity contribution is 0.0920. The fourth-order valence-corrected chi connectivity index (χ4v) is 4.48. The van der Waals surface area contributed by atoms with Crippen LogP contribution >= 0.6 is 0 Å². The summed E-state index contributed by atoms with van der Waals surface area (Å²) >= 11 is 0. The Hall–Kier alpha value is -3.36. The molecule has 0 saturated carbocycles. The number of aliphatic hydroxyl groups is 1. The number of carbonyl (C=O) groups is 1.